The van der Waals surface area contributed by atoms with Gasteiger partial charge in [0.05, 0.1) is 34.4 Å². The van der Waals surface area contributed by atoms with Gasteiger partial charge in [0, 0.05) is 30.4 Å². The van der Waals surface area contributed by atoms with Gasteiger partial charge in [-0.25, -0.2) is 4.79 Å². The molecule has 0 saturated carbocycles. The van der Waals surface area contributed by atoms with E-state index in [-0.39, 0.29) is 35.8 Å². The van der Waals surface area contributed by atoms with Crippen molar-refractivity contribution in [2.75, 3.05) is 19.6 Å². The largest absolute Gasteiger partial charge is 0.490 e. The molecule has 3 heterocycles. The lowest BCUT2D eigenvalue weighted by Gasteiger charge is -2.35. The van der Waals surface area contributed by atoms with Gasteiger partial charge in [0.2, 0.25) is 5.91 Å². The van der Waals surface area contributed by atoms with E-state index in [1.54, 1.807) is 38.2 Å². The average Bonchev–Trinajstić information content (AvgIpc) is 3.57. The summed E-state index contributed by atoms with van der Waals surface area (Å²) in [5.41, 5.74) is 1.58. The predicted molar refractivity (Wildman–Crippen MR) is 143 cm³/mol. The number of carbonyl (C=O) groups is 2. The molecule has 1 saturated heterocycles. The Hall–Kier alpha value is -4.45. The predicted octanol–water partition coefficient (Wildman–Crippen LogP) is 3.86. The number of ether oxygens (including phenoxy) is 1. The van der Waals surface area contributed by atoms with Crippen molar-refractivity contribution in [2.45, 2.75) is 32.0 Å². The number of non-ortho nitro benzene ring substituents is 1. The van der Waals surface area contributed by atoms with Crippen LogP contribution in [0.1, 0.15) is 42.8 Å². The summed E-state index contributed by atoms with van der Waals surface area (Å²) in [6.45, 7) is 4.12. The third-order valence-corrected chi connectivity index (χ3v) is 6.65. The Morgan fingerprint density at radius 2 is 1.97 bits per heavy atom. The zero-order valence-electron chi connectivity index (χ0n) is 21.2. The normalized spacial score (nSPS) is 19.2. The number of hydrogen-bond donors (Lipinski definition) is 2. The summed E-state index contributed by atoms with van der Waals surface area (Å²) in [4.78, 5) is 45.4. The van der Waals surface area contributed by atoms with E-state index in [0.717, 1.165) is 5.56 Å². The molecule has 2 aliphatic rings. The van der Waals surface area contributed by atoms with Crippen LogP contribution in [0.15, 0.2) is 59.7 Å². The summed E-state index contributed by atoms with van der Waals surface area (Å²) in [6, 6.07) is 11.4. The summed E-state index contributed by atoms with van der Waals surface area (Å²) in [6.07, 6.45) is 1.36. The molecule has 0 aliphatic carbocycles. The number of nitrogens with zero attached hydrogens (tertiary/aromatic N) is 5. The van der Waals surface area contributed by atoms with Gasteiger partial charge in [-0.15, -0.1) is 0 Å². The van der Waals surface area contributed by atoms with Gasteiger partial charge >= 0.3 is 6.03 Å². The molecule has 1 aromatic heterocycles. The number of amidine groups is 1. The summed E-state index contributed by atoms with van der Waals surface area (Å²) >= 11 is 6.17. The number of hydrogen-bond acceptors (Lipinski definition) is 7. The second-order valence-corrected chi connectivity index (χ2v) is 9.86. The molecule has 2 aromatic carbocycles. The number of nitrogens with one attached hydrogen (secondary N) is 2. The number of amides is 3. The summed E-state index contributed by atoms with van der Waals surface area (Å²) in [7, 11) is 0. The van der Waals surface area contributed by atoms with E-state index in [1.165, 1.54) is 28.0 Å². The summed E-state index contributed by atoms with van der Waals surface area (Å²) < 4.78 is 5.98. The molecular weight excluding hydrogens is 526 g/mol. The number of aliphatic imine (C=N–C) groups is 1. The molecule has 39 heavy (non-hydrogen) atoms. The van der Waals surface area contributed by atoms with E-state index in [9.17, 15) is 19.7 Å². The first-order valence-corrected chi connectivity index (χ1v) is 12.7. The third-order valence-electron chi connectivity index (χ3n) is 6.40. The molecule has 12 nitrogen and oxygen atoms in total. The molecule has 0 radical (unpaired) electrons. The molecule has 3 amide bonds. The lowest BCUT2D eigenvalue weighted by atomic mass is 9.97. The van der Waals surface area contributed by atoms with Crippen LogP contribution >= 0.6 is 11.6 Å². The number of H-pyrrole nitrogens is 1. The zero-order chi connectivity index (χ0) is 27.7. The highest BCUT2D eigenvalue weighted by molar-refractivity contribution is 6.30. The van der Waals surface area contributed by atoms with Gasteiger partial charge < -0.3 is 15.0 Å². The highest BCUT2D eigenvalue weighted by Gasteiger charge is 2.46. The number of aromatic amines is 1. The molecule has 0 bridgehead atoms. The molecule has 3 aromatic rings. The van der Waals surface area contributed by atoms with Crippen LogP contribution in [0.3, 0.4) is 0 Å². The fourth-order valence-corrected chi connectivity index (χ4v) is 4.84. The third kappa shape index (κ3) is 5.28. The van der Waals surface area contributed by atoms with Crippen molar-refractivity contribution in [3.05, 3.63) is 86.7 Å². The van der Waals surface area contributed by atoms with Crippen LogP contribution in [0.5, 0.6) is 5.75 Å². The molecule has 5 rings (SSSR count). The number of halogens is 1. The van der Waals surface area contributed by atoms with Crippen LogP contribution in [0.25, 0.3) is 0 Å². The minimum atomic E-state index is -0.653. The molecule has 2 atom stereocenters. The maximum absolute atomic E-state index is 14.2. The minimum Gasteiger partial charge on any atom is -0.490 e. The van der Waals surface area contributed by atoms with Crippen LogP contribution in [0, 0.1) is 10.1 Å². The van der Waals surface area contributed by atoms with Gasteiger partial charge in [0.25, 0.3) is 5.69 Å². The quantitative estimate of drug-likeness (QED) is 0.351. The van der Waals surface area contributed by atoms with Crippen molar-refractivity contribution < 1.29 is 19.2 Å². The Morgan fingerprint density at radius 3 is 2.62 bits per heavy atom. The van der Waals surface area contributed by atoms with Crippen LogP contribution in [0.2, 0.25) is 5.02 Å². The second-order valence-electron chi connectivity index (χ2n) is 9.42. The standard InChI is InChI=1S/C26H26ClN7O5/c1-15(2)39-21-13-18(34(37)38)7-8-19(21)25-30-23(20-9-10-29-31-20)24(16-3-5-17(27)6-4-16)33(25)26(36)32-12-11-28-22(35)14-32/h3-10,13,15,23-24H,11-12,14H2,1-2H3,(H,28,35)(H,29,31)/t23-,24+/m0/s1. The fraction of sp³-hybridized carbons (Fsp3) is 0.308. The van der Waals surface area contributed by atoms with Crippen molar-refractivity contribution >= 4 is 35.1 Å². The van der Waals surface area contributed by atoms with Crippen molar-refractivity contribution in [1.29, 1.82) is 0 Å². The van der Waals surface area contributed by atoms with E-state index in [1.807, 2.05) is 12.1 Å². The first kappa shape index (κ1) is 26.2. The van der Waals surface area contributed by atoms with Crippen molar-refractivity contribution in [2.24, 2.45) is 4.99 Å². The van der Waals surface area contributed by atoms with Crippen LogP contribution in [-0.2, 0) is 4.79 Å². The smallest absolute Gasteiger partial charge is 0.326 e. The lowest BCUT2D eigenvalue weighted by Crippen LogP contribution is -2.55. The van der Waals surface area contributed by atoms with E-state index in [2.05, 4.69) is 15.5 Å². The number of nitro groups is 1. The number of aromatic nitrogens is 2. The Labute approximate surface area is 228 Å². The highest BCUT2D eigenvalue weighted by atomic mass is 35.5. The van der Waals surface area contributed by atoms with Crippen molar-refractivity contribution in [3.63, 3.8) is 0 Å². The van der Waals surface area contributed by atoms with Crippen LogP contribution in [-0.4, -0.2) is 68.4 Å². The lowest BCUT2D eigenvalue weighted by molar-refractivity contribution is -0.384. The summed E-state index contributed by atoms with van der Waals surface area (Å²) in [5, 5.41) is 22.0. The molecular formula is C26H26ClN7O5. The Morgan fingerprint density at radius 1 is 1.21 bits per heavy atom. The fourth-order valence-electron chi connectivity index (χ4n) is 4.72. The molecule has 2 N–H and O–H groups in total. The van der Waals surface area contributed by atoms with Gasteiger partial charge in [-0.05, 0) is 43.7 Å². The Balaban J connectivity index is 1.70. The van der Waals surface area contributed by atoms with Crippen LogP contribution in [0.4, 0.5) is 10.5 Å². The number of rotatable bonds is 6. The SMILES string of the molecule is CC(C)Oc1cc([N+](=O)[O-])ccc1C1=N[C@@H](c2cc[nH]n2)[C@@H](c2ccc(Cl)cc2)N1C(=O)N1CCNC(=O)C1. The van der Waals surface area contributed by atoms with Gasteiger partial charge in [-0.2, -0.15) is 5.10 Å². The Kier molecular flexibility index (Phi) is 7.20. The van der Waals surface area contributed by atoms with E-state index in [0.29, 0.717) is 29.4 Å². The van der Waals surface area contributed by atoms with E-state index in [4.69, 9.17) is 21.3 Å². The van der Waals surface area contributed by atoms with Crippen LogP contribution < -0.4 is 10.1 Å². The first-order chi connectivity index (χ1) is 18.7. The molecule has 1 fully saturated rings. The minimum absolute atomic E-state index is 0.112. The van der Waals surface area contributed by atoms with Gasteiger partial charge in [0.15, 0.2) is 0 Å². The highest BCUT2D eigenvalue weighted by Crippen LogP contribution is 2.45. The molecule has 202 valence electrons. The maximum atomic E-state index is 14.2. The van der Waals surface area contributed by atoms with E-state index >= 15 is 0 Å². The molecule has 13 heteroatoms. The maximum Gasteiger partial charge on any atom is 0.326 e. The molecule has 0 unspecified atom stereocenters. The number of nitro benzene ring substituents is 1. The topological polar surface area (TPSA) is 146 Å². The number of piperazine rings is 1. The second kappa shape index (κ2) is 10.7. The van der Waals surface area contributed by atoms with Gasteiger partial charge in [-0.1, -0.05) is 23.7 Å². The first-order valence-electron chi connectivity index (χ1n) is 12.4. The van der Waals surface area contributed by atoms with Crippen molar-refractivity contribution in [1.82, 2.24) is 25.3 Å². The van der Waals surface area contributed by atoms with Gasteiger partial charge in [-0.3, -0.25) is 29.9 Å². The number of carbonyl (C=O) groups excluding carboxylic acids is 2. The summed E-state index contributed by atoms with van der Waals surface area (Å²) in [5.74, 6) is 0.201. The molecule has 0 spiro atoms. The Bertz CT molecular complexity index is 1420. The zero-order valence-corrected chi connectivity index (χ0v) is 22.0. The number of benzene rings is 2. The van der Waals surface area contributed by atoms with Gasteiger partial charge in [0.1, 0.15) is 24.2 Å². The van der Waals surface area contributed by atoms with Crippen molar-refractivity contribution in [3.8, 4) is 5.75 Å². The van der Waals surface area contributed by atoms with E-state index < -0.39 is 23.0 Å². The average molecular weight is 552 g/mol. The molecule has 2 aliphatic heterocycles. The monoisotopic (exact) mass is 551 g/mol. The number of urea groups is 1.